The van der Waals surface area contributed by atoms with Crippen LogP contribution in [0.2, 0.25) is 5.02 Å². The number of hydrogen-bond donors (Lipinski definition) is 1. The predicted molar refractivity (Wildman–Crippen MR) is 121 cm³/mol. The molecular formula is C21H15ClN4O5S. The molecule has 1 amide bonds. The minimum absolute atomic E-state index is 0.0319. The van der Waals surface area contributed by atoms with Gasteiger partial charge in [0.25, 0.3) is 11.2 Å². The third kappa shape index (κ3) is 4.66. The summed E-state index contributed by atoms with van der Waals surface area (Å²) in [6, 6.07) is 14.4. The van der Waals surface area contributed by atoms with E-state index in [1.54, 1.807) is 36.4 Å². The number of amides is 1. The molecule has 162 valence electrons. The van der Waals surface area contributed by atoms with Crippen LogP contribution in [0.15, 0.2) is 75.2 Å². The number of fused-ring (bicyclic) bond motifs is 1. The highest BCUT2D eigenvalue weighted by molar-refractivity contribution is 7.99. The van der Waals surface area contributed by atoms with Gasteiger partial charge in [0.05, 0.1) is 34.4 Å². The van der Waals surface area contributed by atoms with E-state index in [0.717, 1.165) is 17.8 Å². The number of hydrogen-bond acceptors (Lipinski definition) is 7. The molecule has 0 aliphatic carbocycles. The Morgan fingerprint density at radius 1 is 1.22 bits per heavy atom. The van der Waals surface area contributed by atoms with E-state index in [4.69, 9.17) is 16.0 Å². The molecule has 0 aliphatic rings. The maximum Gasteiger partial charge on any atom is 0.294 e. The van der Waals surface area contributed by atoms with Gasteiger partial charge in [-0.1, -0.05) is 35.5 Å². The van der Waals surface area contributed by atoms with Gasteiger partial charge >= 0.3 is 0 Å². The number of nitrogens with zero attached hydrogens (tertiary/aromatic N) is 3. The zero-order valence-electron chi connectivity index (χ0n) is 16.4. The number of halogens is 1. The molecule has 11 heteroatoms. The molecule has 0 unspecified atom stereocenters. The third-order valence-electron chi connectivity index (χ3n) is 4.48. The maximum atomic E-state index is 13.0. The van der Waals surface area contributed by atoms with E-state index in [1.807, 2.05) is 0 Å². The lowest BCUT2D eigenvalue weighted by atomic mass is 10.2. The van der Waals surface area contributed by atoms with Crippen LogP contribution in [-0.4, -0.2) is 26.1 Å². The molecule has 2 heterocycles. The second kappa shape index (κ2) is 9.25. The number of anilines is 1. The van der Waals surface area contributed by atoms with Crippen molar-refractivity contribution in [3.63, 3.8) is 0 Å². The zero-order valence-corrected chi connectivity index (χ0v) is 17.9. The number of aromatic nitrogens is 2. The summed E-state index contributed by atoms with van der Waals surface area (Å²) in [5, 5.41) is 14.7. The number of nitrogens with one attached hydrogen (secondary N) is 1. The first kappa shape index (κ1) is 21.6. The number of thioether (sulfide) groups is 1. The Bertz CT molecular complexity index is 1370. The molecule has 0 radical (unpaired) electrons. The Morgan fingerprint density at radius 2 is 2.03 bits per heavy atom. The normalized spacial score (nSPS) is 10.9. The topological polar surface area (TPSA) is 120 Å². The zero-order chi connectivity index (χ0) is 22.7. The molecule has 4 aromatic rings. The lowest BCUT2D eigenvalue weighted by Gasteiger charge is -2.12. The van der Waals surface area contributed by atoms with Gasteiger partial charge in [-0.25, -0.2) is 4.98 Å². The van der Waals surface area contributed by atoms with Crippen LogP contribution in [-0.2, 0) is 11.3 Å². The molecule has 0 aliphatic heterocycles. The number of nitro groups is 1. The summed E-state index contributed by atoms with van der Waals surface area (Å²) in [5.74, 6) is -0.0532. The van der Waals surface area contributed by atoms with Crippen molar-refractivity contribution in [3.05, 3.63) is 92.1 Å². The van der Waals surface area contributed by atoms with Crippen molar-refractivity contribution in [2.75, 3.05) is 11.1 Å². The maximum absolute atomic E-state index is 13.0. The summed E-state index contributed by atoms with van der Waals surface area (Å²) in [6.45, 7) is 0.149. The van der Waals surface area contributed by atoms with Crippen molar-refractivity contribution in [3.8, 4) is 0 Å². The Morgan fingerprint density at radius 3 is 2.78 bits per heavy atom. The van der Waals surface area contributed by atoms with Crippen molar-refractivity contribution in [2.24, 2.45) is 0 Å². The second-order valence-electron chi connectivity index (χ2n) is 6.64. The number of rotatable bonds is 7. The molecule has 0 saturated heterocycles. The summed E-state index contributed by atoms with van der Waals surface area (Å²) in [4.78, 5) is 40.7. The van der Waals surface area contributed by atoms with E-state index >= 15 is 0 Å². The van der Waals surface area contributed by atoms with Crippen LogP contribution in [0.25, 0.3) is 10.9 Å². The van der Waals surface area contributed by atoms with Gasteiger partial charge in [-0.2, -0.15) is 0 Å². The molecule has 0 fully saturated rings. The SMILES string of the molecule is O=C(CSc1nc2ccccc2c(=O)n1Cc1ccco1)Nc1ccc(Cl)cc1[N+](=O)[O-]. The van der Waals surface area contributed by atoms with Crippen LogP contribution in [0, 0.1) is 10.1 Å². The number of furan rings is 1. The predicted octanol–water partition coefficient (Wildman–Crippen LogP) is 4.33. The van der Waals surface area contributed by atoms with E-state index in [2.05, 4.69) is 10.3 Å². The second-order valence-corrected chi connectivity index (χ2v) is 8.02. The van der Waals surface area contributed by atoms with E-state index in [0.29, 0.717) is 21.8 Å². The van der Waals surface area contributed by atoms with Crippen LogP contribution in [0.1, 0.15) is 5.76 Å². The highest BCUT2D eigenvalue weighted by atomic mass is 35.5. The number of para-hydroxylation sites is 1. The van der Waals surface area contributed by atoms with Crippen molar-refractivity contribution in [1.29, 1.82) is 0 Å². The van der Waals surface area contributed by atoms with Gasteiger partial charge in [0.2, 0.25) is 5.91 Å². The molecule has 9 nitrogen and oxygen atoms in total. The fourth-order valence-electron chi connectivity index (χ4n) is 3.03. The molecule has 1 N–H and O–H groups in total. The number of carbonyl (C=O) groups excluding carboxylic acids is 1. The number of benzene rings is 2. The summed E-state index contributed by atoms with van der Waals surface area (Å²) in [6.07, 6.45) is 1.51. The fraction of sp³-hybridized carbons (Fsp3) is 0.0952. The molecule has 0 atom stereocenters. The first-order valence-electron chi connectivity index (χ1n) is 9.31. The monoisotopic (exact) mass is 470 g/mol. The number of nitro benzene ring substituents is 1. The highest BCUT2D eigenvalue weighted by Crippen LogP contribution is 2.28. The van der Waals surface area contributed by atoms with Crippen molar-refractivity contribution in [1.82, 2.24) is 9.55 Å². The molecule has 32 heavy (non-hydrogen) atoms. The van der Waals surface area contributed by atoms with Gasteiger partial charge in [-0.3, -0.25) is 24.3 Å². The number of carbonyl (C=O) groups is 1. The Kier molecular flexibility index (Phi) is 6.24. The van der Waals surface area contributed by atoms with Gasteiger partial charge in [0.1, 0.15) is 11.4 Å². The minimum Gasteiger partial charge on any atom is -0.467 e. The lowest BCUT2D eigenvalue weighted by molar-refractivity contribution is -0.383. The molecule has 0 spiro atoms. The standard InChI is InChI=1S/C21H15ClN4O5S/c22-13-7-8-17(18(10-13)26(29)30)23-19(27)12-32-21-24-16-6-2-1-5-15(16)20(28)25(21)11-14-4-3-9-31-14/h1-10H,11-12H2,(H,23,27). The quantitative estimate of drug-likeness (QED) is 0.185. The Balaban J connectivity index is 1.59. The van der Waals surface area contributed by atoms with Crippen LogP contribution in [0.5, 0.6) is 0 Å². The third-order valence-corrected chi connectivity index (χ3v) is 5.70. The molecule has 0 saturated carbocycles. The minimum atomic E-state index is -0.624. The summed E-state index contributed by atoms with van der Waals surface area (Å²) in [5.41, 5.74) is -0.0356. The van der Waals surface area contributed by atoms with E-state index < -0.39 is 10.8 Å². The lowest BCUT2D eigenvalue weighted by Crippen LogP contribution is -2.24. The molecular weight excluding hydrogens is 456 g/mol. The Hall–Kier alpha value is -3.63. The van der Waals surface area contributed by atoms with Gasteiger partial charge in [-0.15, -0.1) is 0 Å². The fourth-order valence-corrected chi connectivity index (χ4v) is 4.00. The van der Waals surface area contributed by atoms with Crippen molar-refractivity contribution < 1.29 is 14.1 Å². The van der Waals surface area contributed by atoms with Gasteiger partial charge in [0.15, 0.2) is 5.16 Å². The molecule has 0 bridgehead atoms. The van der Waals surface area contributed by atoms with Gasteiger partial charge in [-0.05, 0) is 36.4 Å². The first-order chi connectivity index (χ1) is 15.4. The Labute approximate surface area is 190 Å². The summed E-state index contributed by atoms with van der Waals surface area (Å²) >= 11 is 6.85. The van der Waals surface area contributed by atoms with E-state index in [-0.39, 0.29) is 34.3 Å². The van der Waals surface area contributed by atoms with E-state index in [9.17, 15) is 19.7 Å². The largest absolute Gasteiger partial charge is 0.467 e. The average molecular weight is 471 g/mol. The summed E-state index contributed by atoms with van der Waals surface area (Å²) < 4.78 is 6.79. The molecule has 2 aromatic heterocycles. The van der Waals surface area contributed by atoms with Gasteiger partial charge < -0.3 is 9.73 Å². The van der Waals surface area contributed by atoms with Gasteiger partial charge in [0, 0.05) is 11.1 Å². The molecule has 4 rings (SSSR count). The van der Waals surface area contributed by atoms with Crippen molar-refractivity contribution >= 4 is 51.5 Å². The highest BCUT2D eigenvalue weighted by Gasteiger charge is 2.18. The van der Waals surface area contributed by atoms with Crippen LogP contribution in [0.3, 0.4) is 0 Å². The van der Waals surface area contributed by atoms with Crippen LogP contribution < -0.4 is 10.9 Å². The summed E-state index contributed by atoms with van der Waals surface area (Å²) in [7, 11) is 0. The van der Waals surface area contributed by atoms with Crippen LogP contribution >= 0.6 is 23.4 Å². The van der Waals surface area contributed by atoms with E-state index in [1.165, 1.54) is 23.0 Å². The first-order valence-corrected chi connectivity index (χ1v) is 10.7. The average Bonchev–Trinajstić information content (AvgIpc) is 3.29. The molecule has 2 aromatic carbocycles. The smallest absolute Gasteiger partial charge is 0.294 e. The van der Waals surface area contributed by atoms with Crippen LogP contribution in [0.4, 0.5) is 11.4 Å². The van der Waals surface area contributed by atoms with Crippen molar-refractivity contribution in [2.45, 2.75) is 11.7 Å².